The van der Waals surface area contributed by atoms with Gasteiger partial charge >= 0.3 is 0 Å². The minimum Gasteiger partial charge on any atom is -0.393 e. The van der Waals surface area contributed by atoms with Crippen molar-refractivity contribution >= 4 is 5.91 Å². The van der Waals surface area contributed by atoms with E-state index in [2.05, 4.69) is 17.3 Å². The van der Waals surface area contributed by atoms with Gasteiger partial charge in [0, 0.05) is 19.0 Å². The molecule has 1 atom stereocenters. The number of likely N-dealkylation sites (tertiary alicyclic amines) is 1. The smallest absolute Gasteiger partial charge is 0.220 e. The summed E-state index contributed by atoms with van der Waals surface area (Å²) in [7, 11) is 2.15. The number of aliphatic hydroxyl groups is 1. The summed E-state index contributed by atoms with van der Waals surface area (Å²) >= 11 is 0. The number of carbonyl (C=O) groups is 1. The SMILES string of the molecule is CN1CCC(CCC(=O)NC2CCC(O)CC2)C1. The normalized spacial score (nSPS) is 33.6. The van der Waals surface area contributed by atoms with E-state index in [1.54, 1.807) is 0 Å². The highest BCUT2D eigenvalue weighted by molar-refractivity contribution is 5.76. The molecule has 1 amide bonds. The first-order valence-electron chi connectivity index (χ1n) is 7.29. The van der Waals surface area contributed by atoms with Crippen LogP contribution in [0.3, 0.4) is 0 Å². The molecule has 104 valence electrons. The second kappa shape index (κ2) is 6.53. The minimum atomic E-state index is -0.146. The maximum atomic E-state index is 11.8. The third-order valence-electron chi connectivity index (χ3n) is 4.33. The fraction of sp³-hybridized carbons (Fsp3) is 0.929. The number of nitrogens with zero attached hydrogens (tertiary/aromatic N) is 1. The quantitative estimate of drug-likeness (QED) is 0.791. The van der Waals surface area contributed by atoms with Crippen LogP contribution in [0.2, 0.25) is 0 Å². The van der Waals surface area contributed by atoms with Gasteiger partial charge < -0.3 is 15.3 Å². The van der Waals surface area contributed by atoms with Crippen molar-refractivity contribution in [2.24, 2.45) is 5.92 Å². The number of carbonyl (C=O) groups excluding carboxylic acids is 1. The Labute approximate surface area is 110 Å². The zero-order chi connectivity index (χ0) is 13.0. The molecule has 1 unspecified atom stereocenters. The zero-order valence-electron chi connectivity index (χ0n) is 11.4. The van der Waals surface area contributed by atoms with Gasteiger partial charge in [0.25, 0.3) is 0 Å². The lowest BCUT2D eigenvalue weighted by Gasteiger charge is -2.26. The summed E-state index contributed by atoms with van der Waals surface area (Å²) in [5.74, 6) is 0.903. The molecule has 4 heteroatoms. The molecule has 1 aliphatic heterocycles. The van der Waals surface area contributed by atoms with E-state index in [-0.39, 0.29) is 12.0 Å². The molecule has 0 bridgehead atoms. The first-order chi connectivity index (χ1) is 8.63. The molecule has 4 nitrogen and oxygen atoms in total. The van der Waals surface area contributed by atoms with E-state index in [1.807, 2.05) is 0 Å². The predicted molar refractivity (Wildman–Crippen MR) is 71.2 cm³/mol. The van der Waals surface area contributed by atoms with E-state index in [9.17, 15) is 9.90 Å². The molecule has 0 spiro atoms. The molecule has 1 heterocycles. The van der Waals surface area contributed by atoms with Gasteiger partial charge in [-0.3, -0.25) is 4.79 Å². The van der Waals surface area contributed by atoms with Crippen molar-refractivity contribution in [3.63, 3.8) is 0 Å². The van der Waals surface area contributed by atoms with Crippen LogP contribution in [0.1, 0.15) is 44.9 Å². The van der Waals surface area contributed by atoms with Crippen LogP contribution in [-0.2, 0) is 4.79 Å². The molecular weight excluding hydrogens is 228 g/mol. The van der Waals surface area contributed by atoms with E-state index in [0.29, 0.717) is 18.4 Å². The first kappa shape index (κ1) is 13.8. The Bertz CT molecular complexity index is 275. The van der Waals surface area contributed by atoms with Gasteiger partial charge in [-0.05, 0) is 58.0 Å². The molecule has 0 aromatic carbocycles. The van der Waals surface area contributed by atoms with Crippen molar-refractivity contribution in [2.75, 3.05) is 20.1 Å². The average Bonchev–Trinajstić information content (AvgIpc) is 2.76. The summed E-state index contributed by atoms with van der Waals surface area (Å²) in [6.45, 7) is 2.32. The molecule has 2 N–H and O–H groups in total. The Morgan fingerprint density at radius 3 is 2.61 bits per heavy atom. The summed E-state index contributed by atoms with van der Waals surface area (Å²) in [5, 5.41) is 12.5. The third kappa shape index (κ3) is 4.25. The van der Waals surface area contributed by atoms with E-state index >= 15 is 0 Å². The Balaban J connectivity index is 1.60. The first-order valence-corrected chi connectivity index (χ1v) is 7.29. The molecule has 1 aliphatic carbocycles. The molecule has 2 rings (SSSR count). The molecule has 1 saturated heterocycles. The van der Waals surface area contributed by atoms with Gasteiger partial charge in [0.2, 0.25) is 5.91 Å². The van der Waals surface area contributed by atoms with Crippen LogP contribution in [0.5, 0.6) is 0 Å². The lowest BCUT2D eigenvalue weighted by atomic mass is 9.93. The van der Waals surface area contributed by atoms with Crippen molar-refractivity contribution in [1.29, 1.82) is 0 Å². The highest BCUT2D eigenvalue weighted by Crippen LogP contribution is 2.21. The second-order valence-electron chi connectivity index (χ2n) is 6.03. The van der Waals surface area contributed by atoms with Gasteiger partial charge in [0.1, 0.15) is 0 Å². The number of nitrogens with one attached hydrogen (secondary N) is 1. The zero-order valence-corrected chi connectivity index (χ0v) is 11.4. The van der Waals surface area contributed by atoms with Crippen LogP contribution >= 0.6 is 0 Å². The third-order valence-corrected chi connectivity index (χ3v) is 4.33. The molecule has 0 aromatic heterocycles. The van der Waals surface area contributed by atoms with Crippen molar-refractivity contribution in [1.82, 2.24) is 10.2 Å². The van der Waals surface area contributed by atoms with E-state index in [4.69, 9.17) is 0 Å². The number of hydrogen-bond donors (Lipinski definition) is 2. The Morgan fingerprint density at radius 1 is 1.28 bits per heavy atom. The van der Waals surface area contributed by atoms with Gasteiger partial charge in [-0.1, -0.05) is 0 Å². The van der Waals surface area contributed by atoms with Crippen LogP contribution in [0.25, 0.3) is 0 Å². The Kier molecular flexibility index (Phi) is 5.01. The highest BCUT2D eigenvalue weighted by Gasteiger charge is 2.23. The van der Waals surface area contributed by atoms with Crippen molar-refractivity contribution in [2.45, 2.75) is 57.1 Å². The number of amides is 1. The van der Waals surface area contributed by atoms with Crippen LogP contribution < -0.4 is 5.32 Å². The number of aliphatic hydroxyl groups excluding tert-OH is 1. The van der Waals surface area contributed by atoms with Crippen LogP contribution in [0.4, 0.5) is 0 Å². The molecule has 1 saturated carbocycles. The van der Waals surface area contributed by atoms with E-state index < -0.39 is 0 Å². The number of hydrogen-bond acceptors (Lipinski definition) is 3. The Morgan fingerprint density at radius 2 is 2.00 bits per heavy atom. The molecular formula is C14H26N2O2. The van der Waals surface area contributed by atoms with Gasteiger partial charge in [-0.2, -0.15) is 0 Å². The summed E-state index contributed by atoms with van der Waals surface area (Å²) in [5.41, 5.74) is 0. The molecule has 18 heavy (non-hydrogen) atoms. The topological polar surface area (TPSA) is 52.6 Å². The summed E-state index contributed by atoms with van der Waals surface area (Å²) in [6, 6.07) is 0.298. The van der Waals surface area contributed by atoms with Gasteiger partial charge in [0.15, 0.2) is 0 Å². The minimum absolute atomic E-state index is 0.146. The second-order valence-corrected chi connectivity index (χ2v) is 6.03. The average molecular weight is 254 g/mol. The molecule has 2 aliphatic rings. The van der Waals surface area contributed by atoms with Gasteiger partial charge in [-0.15, -0.1) is 0 Å². The largest absolute Gasteiger partial charge is 0.393 e. The Hall–Kier alpha value is -0.610. The summed E-state index contributed by atoms with van der Waals surface area (Å²) in [4.78, 5) is 14.2. The summed E-state index contributed by atoms with van der Waals surface area (Å²) in [6.07, 6.45) is 6.30. The monoisotopic (exact) mass is 254 g/mol. The van der Waals surface area contributed by atoms with E-state index in [1.165, 1.54) is 13.0 Å². The van der Waals surface area contributed by atoms with Gasteiger partial charge in [0.05, 0.1) is 6.10 Å². The standard InChI is InChI=1S/C14H26N2O2/c1-16-9-8-11(10-16)2-7-14(18)15-12-3-5-13(17)6-4-12/h11-13,17H,2-10H2,1H3,(H,15,18). The van der Waals surface area contributed by atoms with Crippen molar-refractivity contribution in [3.8, 4) is 0 Å². The summed E-state index contributed by atoms with van der Waals surface area (Å²) < 4.78 is 0. The predicted octanol–water partition coefficient (Wildman–Crippen LogP) is 1.14. The lowest BCUT2D eigenvalue weighted by Crippen LogP contribution is -2.38. The van der Waals surface area contributed by atoms with Gasteiger partial charge in [-0.25, -0.2) is 0 Å². The maximum Gasteiger partial charge on any atom is 0.220 e. The molecule has 2 fully saturated rings. The van der Waals surface area contributed by atoms with Crippen molar-refractivity contribution < 1.29 is 9.90 Å². The lowest BCUT2D eigenvalue weighted by molar-refractivity contribution is -0.122. The fourth-order valence-corrected chi connectivity index (χ4v) is 3.12. The number of rotatable bonds is 4. The molecule has 0 aromatic rings. The fourth-order valence-electron chi connectivity index (χ4n) is 3.12. The highest BCUT2D eigenvalue weighted by atomic mass is 16.3. The molecule has 0 radical (unpaired) electrons. The van der Waals surface area contributed by atoms with E-state index in [0.717, 1.165) is 38.6 Å². The van der Waals surface area contributed by atoms with Crippen LogP contribution in [0.15, 0.2) is 0 Å². The van der Waals surface area contributed by atoms with Crippen molar-refractivity contribution in [3.05, 3.63) is 0 Å². The van der Waals surface area contributed by atoms with Crippen LogP contribution in [0, 0.1) is 5.92 Å². The van der Waals surface area contributed by atoms with Crippen LogP contribution in [-0.4, -0.2) is 48.2 Å². The maximum absolute atomic E-state index is 11.8.